The van der Waals surface area contributed by atoms with Crippen molar-refractivity contribution in [3.8, 4) is 0 Å². The van der Waals surface area contributed by atoms with Gasteiger partial charge in [-0.05, 0) is 79.8 Å². The summed E-state index contributed by atoms with van der Waals surface area (Å²) in [5, 5.41) is 45.0. The summed E-state index contributed by atoms with van der Waals surface area (Å²) in [4.78, 5) is 72.6. The van der Waals surface area contributed by atoms with Gasteiger partial charge in [0.15, 0.2) is 18.4 Å². The van der Waals surface area contributed by atoms with Gasteiger partial charge >= 0.3 is 11.9 Å². The Hall–Kier alpha value is -3.97. The third kappa shape index (κ3) is 6.22. The van der Waals surface area contributed by atoms with Crippen LogP contribution in [0.5, 0.6) is 0 Å². The van der Waals surface area contributed by atoms with Gasteiger partial charge in [-0.25, -0.2) is 4.79 Å². The predicted octanol–water partition coefficient (Wildman–Crippen LogP) is 3.35. The highest BCUT2D eigenvalue weighted by Gasteiger charge is 2.66. The molecule has 0 heterocycles. The molecule has 4 aliphatic rings. The average molecular weight is 655 g/mol. The van der Waals surface area contributed by atoms with Crippen molar-refractivity contribution < 1.29 is 49.0 Å². The number of esters is 1. The van der Waals surface area contributed by atoms with Crippen LogP contribution in [0.2, 0.25) is 0 Å². The number of ether oxygens (including phenoxy) is 1. The molecule has 4 aliphatic carbocycles. The number of benzene rings is 1. The number of carboxylic acid groups (broad SMARTS) is 1. The number of rotatable bonds is 11. The first-order valence-electron chi connectivity index (χ1n) is 16.2. The van der Waals surface area contributed by atoms with Gasteiger partial charge in [-0.3, -0.25) is 29.3 Å². The molecule has 13 nitrogen and oxygen atoms in total. The van der Waals surface area contributed by atoms with Crippen LogP contribution in [-0.2, 0) is 28.7 Å². The Bertz CT molecular complexity index is 1520. The molecule has 13 heteroatoms. The van der Waals surface area contributed by atoms with Crippen molar-refractivity contribution in [3.63, 3.8) is 0 Å². The lowest BCUT2D eigenvalue weighted by atomic mass is 9.46. The third-order valence-electron chi connectivity index (χ3n) is 11.8. The van der Waals surface area contributed by atoms with Gasteiger partial charge in [0.2, 0.25) is 11.7 Å². The van der Waals surface area contributed by atoms with E-state index in [9.17, 15) is 49.4 Å². The number of nitrogens with zero attached hydrogens (tertiary/aromatic N) is 1. The molecular weight excluding hydrogens is 612 g/mol. The first-order chi connectivity index (χ1) is 22.1. The minimum atomic E-state index is -1.85. The molecule has 0 spiro atoms. The van der Waals surface area contributed by atoms with E-state index in [4.69, 9.17) is 4.74 Å². The minimum Gasteiger partial charge on any atom is -0.480 e. The largest absolute Gasteiger partial charge is 0.480 e. The number of carboxylic acids is 1. The van der Waals surface area contributed by atoms with E-state index in [1.807, 2.05) is 13.0 Å². The zero-order valence-electron chi connectivity index (χ0n) is 26.6. The molecule has 1 aromatic rings. The summed E-state index contributed by atoms with van der Waals surface area (Å²) in [6.45, 7) is 3.56. The Morgan fingerprint density at radius 2 is 1.79 bits per heavy atom. The Balaban J connectivity index is 1.14. The number of non-ortho nitro benzene ring substituents is 1. The maximum absolute atomic E-state index is 13.5. The van der Waals surface area contributed by atoms with Gasteiger partial charge in [0.1, 0.15) is 11.7 Å². The number of fused-ring (bicyclic) bond motifs is 5. The Kier molecular flexibility index (Phi) is 9.44. The summed E-state index contributed by atoms with van der Waals surface area (Å²) in [5.41, 5.74) is -1.63. The predicted molar refractivity (Wildman–Crippen MR) is 164 cm³/mol. The maximum Gasteiger partial charge on any atom is 0.329 e. The number of allylic oxidation sites excluding steroid dienone is 1. The molecule has 254 valence electrons. The number of Topliss-reactive ketones (excluding diaryl/α,β-unsaturated/α-hetero) is 1. The molecule has 8 atom stereocenters. The molecule has 0 bridgehead atoms. The quantitative estimate of drug-likeness (QED) is 0.154. The van der Waals surface area contributed by atoms with Gasteiger partial charge in [0.25, 0.3) is 5.69 Å². The fraction of sp³-hybridized carbons (Fsp3) is 0.618. The van der Waals surface area contributed by atoms with Crippen LogP contribution in [0.4, 0.5) is 5.69 Å². The van der Waals surface area contributed by atoms with Crippen molar-refractivity contribution in [1.29, 1.82) is 0 Å². The van der Waals surface area contributed by atoms with E-state index in [-0.39, 0.29) is 34.8 Å². The molecule has 0 saturated heterocycles. The molecular formula is C34H42N2O11. The summed E-state index contributed by atoms with van der Waals surface area (Å²) in [6.07, 6.45) is 4.56. The number of hydrogen-bond donors (Lipinski definition) is 4. The second kappa shape index (κ2) is 12.9. The van der Waals surface area contributed by atoms with Crippen LogP contribution in [0.3, 0.4) is 0 Å². The third-order valence-corrected chi connectivity index (χ3v) is 11.8. The second-order valence-electron chi connectivity index (χ2n) is 14.1. The van der Waals surface area contributed by atoms with Crippen LogP contribution in [0.25, 0.3) is 0 Å². The van der Waals surface area contributed by atoms with Crippen molar-refractivity contribution in [2.75, 3.05) is 6.61 Å². The van der Waals surface area contributed by atoms with Crippen molar-refractivity contribution in [3.05, 3.63) is 51.6 Å². The van der Waals surface area contributed by atoms with Crippen molar-refractivity contribution in [2.45, 2.75) is 95.8 Å². The number of nitro groups is 1. The fourth-order valence-corrected chi connectivity index (χ4v) is 9.12. The minimum absolute atomic E-state index is 0.0461. The summed E-state index contributed by atoms with van der Waals surface area (Å²) in [7, 11) is 0. The first kappa shape index (κ1) is 34.4. The molecule has 0 aliphatic heterocycles. The van der Waals surface area contributed by atoms with Crippen LogP contribution in [0.1, 0.15) is 89.7 Å². The Labute approximate surface area is 271 Å². The molecule has 0 radical (unpaired) electrons. The molecule has 5 rings (SSSR count). The molecule has 4 N–H and O–H groups in total. The number of aliphatic hydroxyl groups excluding tert-OH is 1. The molecule has 0 aromatic heterocycles. The summed E-state index contributed by atoms with van der Waals surface area (Å²) < 4.78 is 5.17. The zero-order chi connectivity index (χ0) is 34.3. The monoisotopic (exact) mass is 654 g/mol. The Morgan fingerprint density at radius 1 is 1.06 bits per heavy atom. The number of hydrogen-bond acceptors (Lipinski definition) is 10. The molecule has 3 saturated carbocycles. The van der Waals surface area contributed by atoms with Crippen molar-refractivity contribution in [2.24, 2.45) is 28.6 Å². The number of amides is 1. The van der Waals surface area contributed by atoms with Crippen LogP contribution >= 0.6 is 0 Å². The van der Waals surface area contributed by atoms with Gasteiger partial charge in [0.05, 0.1) is 11.3 Å². The van der Waals surface area contributed by atoms with E-state index in [1.54, 1.807) is 0 Å². The van der Waals surface area contributed by atoms with Crippen molar-refractivity contribution in [1.82, 2.24) is 5.32 Å². The SMILES string of the molecule is C[C@]12CCC(=O)C=C1CC[C@H]1[C@H]2CC[C@@]2(C)[C@H]1CC[C@]2(O)C(=O)COC(=O)CCC(=O)N[C@H](C(=O)O)[C@H](O)c1cccc([N+](=O)[O-])c1. The van der Waals surface area contributed by atoms with E-state index < -0.39 is 71.2 Å². The lowest BCUT2D eigenvalue weighted by Crippen LogP contribution is -2.58. The lowest BCUT2D eigenvalue weighted by Gasteiger charge is -2.58. The topological polar surface area (TPSA) is 210 Å². The first-order valence-corrected chi connectivity index (χ1v) is 16.2. The number of aliphatic carboxylic acids is 1. The molecule has 3 fully saturated rings. The summed E-state index contributed by atoms with van der Waals surface area (Å²) >= 11 is 0. The number of carbonyl (C=O) groups excluding carboxylic acids is 4. The molecule has 0 unspecified atom stereocenters. The van der Waals surface area contributed by atoms with Gasteiger partial charge in [-0.2, -0.15) is 0 Å². The maximum atomic E-state index is 13.5. The normalized spacial score (nSPS) is 32.5. The highest BCUT2D eigenvalue weighted by molar-refractivity contribution is 5.92. The molecule has 47 heavy (non-hydrogen) atoms. The second-order valence-corrected chi connectivity index (χ2v) is 14.1. The average Bonchev–Trinajstić information content (AvgIpc) is 3.32. The van der Waals surface area contributed by atoms with Gasteiger partial charge in [-0.1, -0.05) is 31.6 Å². The van der Waals surface area contributed by atoms with E-state index in [1.165, 1.54) is 23.8 Å². The molecule has 1 aromatic carbocycles. The highest BCUT2D eigenvalue weighted by Crippen LogP contribution is 2.67. The lowest BCUT2D eigenvalue weighted by molar-refractivity contribution is -0.385. The zero-order valence-corrected chi connectivity index (χ0v) is 26.6. The van der Waals surface area contributed by atoms with E-state index >= 15 is 0 Å². The fourth-order valence-electron chi connectivity index (χ4n) is 9.12. The number of nitrogens with one attached hydrogen (secondary N) is 1. The van der Waals surface area contributed by atoms with Crippen molar-refractivity contribution >= 4 is 35.1 Å². The van der Waals surface area contributed by atoms with Crippen LogP contribution in [-0.4, -0.2) is 67.9 Å². The summed E-state index contributed by atoms with van der Waals surface area (Å²) in [6, 6.07) is 2.86. The number of carbonyl (C=O) groups is 5. The van der Waals surface area contributed by atoms with Gasteiger partial charge in [0, 0.05) is 30.4 Å². The summed E-state index contributed by atoms with van der Waals surface area (Å²) in [5.74, 6) is -2.97. The van der Waals surface area contributed by atoms with Gasteiger partial charge < -0.3 is 25.4 Å². The van der Waals surface area contributed by atoms with Crippen LogP contribution < -0.4 is 5.32 Å². The highest BCUT2D eigenvalue weighted by atomic mass is 16.6. The Morgan fingerprint density at radius 3 is 2.49 bits per heavy atom. The van der Waals surface area contributed by atoms with E-state index in [0.717, 1.165) is 31.7 Å². The number of nitro benzene ring substituents is 1. The van der Waals surface area contributed by atoms with E-state index in [0.29, 0.717) is 31.1 Å². The molecule has 1 amide bonds. The van der Waals surface area contributed by atoms with Crippen LogP contribution in [0, 0.1) is 38.7 Å². The number of aliphatic hydroxyl groups is 2. The van der Waals surface area contributed by atoms with E-state index in [2.05, 4.69) is 12.2 Å². The van der Waals surface area contributed by atoms with Gasteiger partial charge in [-0.15, -0.1) is 0 Å². The van der Waals surface area contributed by atoms with Crippen LogP contribution in [0.15, 0.2) is 35.9 Å². The smallest absolute Gasteiger partial charge is 0.329 e. The standard InChI is InChI=1S/C34H42N2O11/c1-32-13-10-22(37)17-20(32)6-7-23-24(32)11-14-33(2)25(23)12-15-34(33,44)26(38)18-47-28(40)9-8-27(39)35-29(31(42)43)30(41)19-4-3-5-21(16-19)36(45)46/h3-5,16-17,23-25,29-30,41,44H,6-15,18H2,1-2H3,(H,35,39)(H,42,43)/t23-,24+,25-,29-,30+,32-,33-,34-/m0/s1. The number of ketones is 2.